The first-order valence-corrected chi connectivity index (χ1v) is 8.62. The maximum atomic E-state index is 9.54. The van der Waals surface area contributed by atoms with E-state index in [1.807, 2.05) is 24.3 Å². The second kappa shape index (κ2) is 5.16. The molecule has 0 saturated heterocycles. The van der Waals surface area contributed by atoms with Crippen LogP contribution in [0.2, 0.25) is 0 Å². The molecule has 7 nitrogen and oxygen atoms in total. The summed E-state index contributed by atoms with van der Waals surface area (Å²) in [6, 6.07) is 8.36. The zero-order valence-electron chi connectivity index (χ0n) is 13.7. The second-order valence-corrected chi connectivity index (χ2v) is 7.44. The molecule has 2 fully saturated rings. The molecule has 2 saturated carbocycles. The molecule has 0 aliphatic heterocycles. The minimum atomic E-state index is -0.0997. The third kappa shape index (κ3) is 2.42. The standard InChI is InChI=1S/C18H20N6O/c19-17-22-15-5-10(14-3-4-20-24-14)1-2-13(15)16(23-17)21-11-6-18(7-11)8-12(25)9-18/h1-5,11-12,25H,6-9H2,(H,20,24)(H3,19,21,22,23). The summed E-state index contributed by atoms with van der Waals surface area (Å²) in [4.78, 5) is 8.79. The molecule has 0 amide bonds. The van der Waals surface area contributed by atoms with Gasteiger partial charge in [-0.15, -0.1) is 0 Å². The number of hydrogen-bond acceptors (Lipinski definition) is 6. The van der Waals surface area contributed by atoms with Crippen LogP contribution in [0.1, 0.15) is 25.7 Å². The number of aliphatic hydroxyl groups excluding tert-OH is 1. The molecule has 2 aromatic heterocycles. The van der Waals surface area contributed by atoms with Crippen LogP contribution in [-0.4, -0.2) is 37.4 Å². The molecule has 128 valence electrons. The number of rotatable bonds is 3. The molecule has 5 rings (SSSR count). The molecule has 5 N–H and O–H groups in total. The zero-order valence-corrected chi connectivity index (χ0v) is 13.7. The quantitative estimate of drug-likeness (QED) is 0.584. The van der Waals surface area contributed by atoms with Gasteiger partial charge in [-0.25, -0.2) is 4.98 Å². The fourth-order valence-electron chi connectivity index (χ4n) is 4.40. The first-order valence-electron chi connectivity index (χ1n) is 8.62. The van der Waals surface area contributed by atoms with Crippen LogP contribution < -0.4 is 11.1 Å². The summed E-state index contributed by atoms with van der Waals surface area (Å²) >= 11 is 0. The molecule has 25 heavy (non-hydrogen) atoms. The van der Waals surface area contributed by atoms with E-state index in [9.17, 15) is 5.11 Å². The van der Waals surface area contributed by atoms with Crippen molar-refractivity contribution in [3.05, 3.63) is 30.5 Å². The van der Waals surface area contributed by atoms with Crippen molar-refractivity contribution in [3.8, 4) is 11.3 Å². The van der Waals surface area contributed by atoms with Crippen molar-refractivity contribution < 1.29 is 5.11 Å². The van der Waals surface area contributed by atoms with E-state index in [1.54, 1.807) is 6.20 Å². The minimum Gasteiger partial charge on any atom is -0.393 e. The molecule has 2 heterocycles. The maximum Gasteiger partial charge on any atom is 0.222 e. The fraction of sp³-hybridized carbons (Fsp3) is 0.389. The Morgan fingerprint density at radius 2 is 2.00 bits per heavy atom. The molecule has 0 atom stereocenters. The minimum absolute atomic E-state index is 0.0997. The van der Waals surface area contributed by atoms with Gasteiger partial charge in [0.2, 0.25) is 5.95 Å². The van der Waals surface area contributed by atoms with Gasteiger partial charge in [-0.3, -0.25) is 5.10 Å². The predicted octanol–water partition coefficient (Wildman–Crippen LogP) is 2.32. The summed E-state index contributed by atoms with van der Waals surface area (Å²) in [5.41, 5.74) is 9.05. The van der Waals surface area contributed by atoms with E-state index in [2.05, 4.69) is 25.5 Å². The number of nitrogen functional groups attached to an aromatic ring is 1. The number of anilines is 2. The molecule has 0 radical (unpaired) electrons. The Kier molecular flexibility index (Phi) is 3.03. The van der Waals surface area contributed by atoms with E-state index in [1.165, 1.54) is 0 Å². The van der Waals surface area contributed by atoms with Gasteiger partial charge in [0.15, 0.2) is 0 Å². The number of nitrogens with one attached hydrogen (secondary N) is 2. The van der Waals surface area contributed by atoms with Gasteiger partial charge in [0.05, 0.1) is 17.3 Å². The van der Waals surface area contributed by atoms with Gasteiger partial charge in [0.1, 0.15) is 5.82 Å². The largest absolute Gasteiger partial charge is 0.393 e. The van der Waals surface area contributed by atoms with Crippen LogP contribution in [0.4, 0.5) is 11.8 Å². The van der Waals surface area contributed by atoms with Crippen molar-refractivity contribution in [1.82, 2.24) is 20.2 Å². The number of aromatic amines is 1. The molecule has 2 aliphatic rings. The Morgan fingerprint density at radius 1 is 1.16 bits per heavy atom. The Morgan fingerprint density at radius 3 is 2.72 bits per heavy atom. The van der Waals surface area contributed by atoms with E-state index < -0.39 is 0 Å². The van der Waals surface area contributed by atoms with Crippen molar-refractivity contribution in [1.29, 1.82) is 0 Å². The number of benzene rings is 1. The van der Waals surface area contributed by atoms with E-state index in [0.717, 1.165) is 53.7 Å². The first kappa shape index (κ1) is 14.7. The number of aliphatic hydroxyl groups is 1. The van der Waals surface area contributed by atoms with Crippen LogP contribution in [0.25, 0.3) is 22.2 Å². The number of H-pyrrole nitrogens is 1. The molecule has 7 heteroatoms. The summed E-state index contributed by atoms with van der Waals surface area (Å²) < 4.78 is 0. The van der Waals surface area contributed by atoms with Crippen LogP contribution in [0.5, 0.6) is 0 Å². The predicted molar refractivity (Wildman–Crippen MR) is 95.9 cm³/mol. The monoisotopic (exact) mass is 336 g/mol. The molecular weight excluding hydrogens is 316 g/mol. The lowest BCUT2D eigenvalue weighted by Crippen LogP contribution is -2.54. The van der Waals surface area contributed by atoms with Gasteiger partial charge in [-0.2, -0.15) is 10.1 Å². The Balaban J connectivity index is 1.43. The zero-order chi connectivity index (χ0) is 17.0. The Hall–Kier alpha value is -2.67. The molecule has 2 aliphatic carbocycles. The normalized spacial score (nSPS) is 27.9. The fourth-order valence-corrected chi connectivity index (χ4v) is 4.40. The highest BCUT2D eigenvalue weighted by molar-refractivity contribution is 5.92. The highest BCUT2D eigenvalue weighted by Gasteiger charge is 2.52. The topological polar surface area (TPSA) is 113 Å². The number of nitrogens with two attached hydrogens (primary N) is 1. The van der Waals surface area contributed by atoms with Gasteiger partial charge >= 0.3 is 0 Å². The average molecular weight is 336 g/mol. The van der Waals surface area contributed by atoms with E-state index >= 15 is 0 Å². The molecule has 1 aromatic carbocycles. The summed E-state index contributed by atoms with van der Waals surface area (Å²) in [7, 11) is 0. The van der Waals surface area contributed by atoms with E-state index in [4.69, 9.17) is 5.73 Å². The van der Waals surface area contributed by atoms with Crippen molar-refractivity contribution >= 4 is 22.7 Å². The third-order valence-electron chi connectivity index (χ3n) is 5.56. The van der Waals surface area contributed by atoms with Crippen LogP contribution in [-0.2, 0) is 0 Å². The highest BCUT2D eigenvalue weighted by atomic mass is 16.3. The van der Waals surface area contributed by atoms with Crippen LogP contribution in [0, 0.1) is 5.41 Å². The van der Waals surface area contributed by atoms with Crippen molar-refractivity contribution in [3.63, 3.8) is 0 Å². The summed E-state index contributed by atoms with van der Waals surface area (Å²) in [6.45, 7) is 0. The molecule has 3 aromatic rings. The SMILES string of the molecule is Nc1nc(NC2CC3(CC(O)C3)C2)c2ccc(-c3ccn[nH]3)cc2n1. The lowest BCUT2D eigenvalue weighted by molar-refractivity contribution is -0.0867. The highest BCUT2D eigenvalue weighted by Crippen LogP contribution is 2.56. The smallest absolute Gasteiger partial charge is 0.222 e. The summed E-state index contributed by atoms with van der Waals surface area (Å²) in [5.74, 6) is 1.06. The maximum absolute atomic E-state index is 9.54. The van der Waals surface area contributed by atoms with E-state index in [0.29, 0.717) is 11.5 Å². The van der Waals surface area contributed by atoms with Crippen molar-refractivity contribution in [2.75, 3.05) is 11.1 Å². The molecular formula is C18H20N6O. The molecule has 0 unspecified atom stereocenters. The molecule has 1 spiro atoms. The Labute approximate surface area is 144 Å². The van der Waals surface area contributed by atoms with Gasteiger partial charge in [-0.1, -0.05) is 6.07 Å². The van der Waals surface area contributed by atoms with Gasteiger partial charge in [0, 0.05) is 23.2 Å². The average Bonchev–Trinajstić information content (AvgIpc) is 3.05. The van der Waals surface area contributed by atoms with Crippen molar-refractivity contribution in [2.24, 2.45) is 5.41 Å². The number of aromatic nitrogens is 4. The molecule has 0 bridgehead atoms. The van der Waals surface area contributed by atoms with Crippen LogP contribution in [0.3, 0.4) is 0 Å². The van der Waals surface area contributed by atoms with Crippen LogP contribution >= 0.6 is 0 Å². The number of fused-ring (bicyclic) bond motifs is 1. The second-order valence-electron chi connectivity index (χ2n) is 7.44. The summed E-state index contributed by atoms with van der Waals surface area (Å²) in [6.07, 6.45) is 5.67. The van der Waals surface area contributed by atoms with Crippen LogP contribution in [0.15, 0.2) is 30.5 Å². The van der Waals surface area contributed by atoms with Crippen molar-refractivity contribution in [2.45, 2.75) is 37.8 Å². The Bertz CT molecular complexity index is 924. The third-order valence-corrected chi connectivity index (χ3v) is 5.56. The number of nitrogens with zero attached hydrogens (tertiary/aromatic N) is 3. The van der Waals surface area contributed by atoms with Gasteiger partial charge < -0.3 is 16.2 Å². The first-order chi connectivity index (χ1) is 12.1. The lowest BCUT2D eigenvalue weighted by atomic mass is 9.53. The van der Waals surface area contributed by atoms with E-state index in [-0.39, 0.29) is 12.1 Å². The van der Waals surface area contributed by atoms with Gasteiger partial charge in [0.25, 0.3) is 0 Å². The van der Waals surface area contributed by atoms with Gasteiger partial charge in [-0.05, 0) is 49.3 Å². The lowest BCUT2D eigenvalue weighted by Gasteiger charge is -2.56. The summed E-state index contributed by atoms with van der Waals surface area (Å²) in [5, 5.41) is 21.0. The number of hydrogen-bond donors (Lipinski definition) is 4.